The first-order valence-corrected chi connectivity index (χ1v) is 35.2. The summed E-state index contributed by atoms with van der Waals surface area (Å²) >= 11 is 33.7. The smallest absolute Gasteiger partial charge is 0.408 e. The molecular formula is C69H90Cl6N10O15. The average molecular weight is 1510 g/mol. The van der Waals surface area contributed by atoms with Gasteiger partial charge in [0, 0.05) is 23.9 Å². The number of aliphatic hydroxyl groups excluding tert-OH is 2. The number of alkyl halides is 6. The van der Waals surface area contributed by atoms with Crippen LogP contribution >= 0.6 is 69.6 Å². The zero-order valence-electron chi connectivity index (χ0n) is 57.6. The largest absolute Gasteiger partial charge is 0.481 e. The molecule has 100 heavy (non-hydrogen) atoms. The summed E-state index contributed by atoms with van der Waals surface area (Å²) in [7, 11) is 0. The van der Waals surface area contributed by atoms with E-state index in [-0.39, 0.29) is 17.7 Å². The number of fused-ring (bicyclic) bond motifs is 2. The summed E-state index contributed by atoms with van der Waals surface area (Å²) in [5, 5.41) is 43.9. The number of hydrogen-bond donors (Lipinski definition) is 9. The summed E-state index contributed by atoms with van der Waals surface area (Å²) in [6.45, 7) is 18.5. The molecule has 4 aliphatic rings. The van der Waals surface area contributed by atoms with E-state index >= 15 is 0 Å². The predicted octanol–water partition coefficient (Wildman–Crippen LogP) is 9.75. The van der Waals surface area contributed by atoms with Gasteiger partial charge in [0.05, 0.1) is 45.5 Å². The van der Waals surface area contributed by atoms with E-state index in [9.17, 15) is 53.4 Å². The van der Waals surface area contributed by atoms with Gasteiger partial charge in [-0.2, -0.15) is 0 Å². The lowest BCUT2D eigenvalue weighted by Crippen LogP contribution is -2.61. The number of benzene rings is 2. The van der Waals surface area contributed by atoms with E-state index in [2.05, 4.69) is 42.1 Å². The highest BCUT2D eigenvalue weighted by Gasteiger charge is 2.49. The summed E-state index contributed by atoms with van der Waals surface area (Å²) in [4.78, 5) is 122. The molecule has 4 fully saturated rings. The maximum absolute atomic E-state index is 13.4. The molecule has 0 radical (unpaired) electrons. The van der Waals surface area contributed by atoms with Gasteiger partial charge in [0.25, 0.3) is 11.8 Å². The van der Waals surface area contributed by atoms with Gasteiger partial charge in [-0.3, -0.25) is 58.3 Å². The highest BCUT2D eigenvalue weighted by molar-refractivity contribution is 6.68. The van der Waals surface area contributed by atoms with Crippen LogP contribution in [0.15, 0.2) is 72.8 Å². The van der Waals surface area contributed by atoms with Crippen molar-refractivity contribution in [1.82, 2.24) is 52.1 Å². The van der Waals surface area contributed by atoms with Crippen molar-refractivity contribution >= 4 is 157 Å². The number of aliphatic carboxylic acids is 1. The van der Waals surface area contributed by atoms with Gasteiger partial charge >= 0.3 is 24.0 Å². The van der Waals surface area contributed by atoms with Gasteiger partial charge in [-0.15, -0.1) is 0 Å². The normalized spacial score (nSPS) is 19.1. The minimum atomic E-state index is -1.75. The van der Waals surface area contributed by atoms with E-state index in [1.807, 2.05) is 86.7 Å². The number of carbonyl (C=O) groups is 9. The Morgan fingerprint density at radius 3 is 1.31 bits per heavy atom. The summed E-state index contributed by atoms with van der Waals surface area (Å²) in [6.07, 6.45) is 9.93. The number of ether oxygens (including phenoxy) is 3. The highest BCUT2D eigenvalue weighted by Crippen LogP contribution is 2.49. The maximum Gasteiger partial charge on any atom is 0.408 e. The molecule has 2 aliphatic heterocycles. The molecule has 8 atom stereocenters. The van der Waals surface area contributed by atoms with E-state index in [1.54, 1.807) is 67.5 Å². The Bertz CT molecular complexity index is 3660. The second-order valence-electron chi connectivity index (χ2n) is 27.1. The fourth-order valence-corrected chi connectivity index (χ4v) is 10.7. The molecular weight excluding hydrogens is 1420 g/mol. The van der Waals surface area contributed by atoms with E-state index < -0.39 is 133 Å². The van der Waals surface area contributed by atoms with Crippen LogP contribution in [0.5, 0.6) is 0 Å². The van der Waals surface area contributed by atoms with Crippen molar-refractivity contribution in [2.24, 2.45) is 22.7 Å². The SMILES string of the molecule is CC(C)[C@H](NC(=O)C1(/C=C/c2ccc3ccc([C@@H](C)O)nc3c2)CC1)C(=O)N[C@@H](C)C(=O)N1CCC[C@@H](C(=O)OCC(Cl)(Cl)Cl)N1.CC(C)[C@H](NC(=O)OC(C)(C)C)C(=O)N[C@@H](C)C(=O)N1CCC[C@@H](C(=O)OCC(Cl)(Cl)Cl)N1.C[C@@H](O)c1ccc2ccc(/C=C/C3(C(=O)O)CC3)cc2n1. The second-order valence-corrected chi connectivity index (χ2v) is 32.1. The minimum Gasteiger partial charge on any atom is -0.481 e. The number of carboxylic acid groups (broad SMARTS) is 1. The Morgan fingerprint density at radius 1 is 0.580 bits per heavy atom. The molecule has 0 spiro atoms. The third-order valence-electron chi connectivity index (χ3n) is 16.5. The van der Waals surface area contributed by atoms with Gasteiger partial charge in [-0.05, 0) is 147 Å². The number of rotatable bonds is 22. The number of carboxylic acids is 1. The standard InChI is InChI=1S/C32H40Cl3N5O6.C20H33Cl3N4O6.C17H17NO3/c1-18(2)26(27(42)36-19(3)28(43)40-15-5-6-24(39-40)29(44)46-17-32(33,34)35)38-30(45)31(13-14-31)12-11-21-7-8-22-9-10-23(20(4)41)37-25(22)16-21;1-11(2)14(25-18(31)33-19(4,5)6)15(28)24-12(3)16(29)27-9-7-8-13(26-27)17(30)32-10-20(21,22)23;1-11(19)14-5-4-13-3-2-12(10-15(13)18-14)6-7-17(8-9-17)16(20)21/h7-12,16,18-20,24,26,39,41H,5-6,13-15,17H2,1-4H3,(H,36,42)(H,38,45);11-14,26H,7-10H2,1-6H3,(H,24,28)(H,25,31);2-7,10-11,19H,8-9H2,1H3,(H,20,21)/b12-11+;;7-6+/t19-,20+,24-,26-;12-,13-,14-;11-/m001/s1. The molecule has 0 unspecified atom stereocenters. The van der Waals surface area contributed by atoms with E-state index in [0.29, 0.717) is 75.8 Å². The number of amides is 6. The Balaban J connectivity index is 0.000000254. The number of aromatic nitrogens is 2. The first kappa shape index (κ1) is 82.3. The van der Waals surface area contributed by atoms with Crippen LogP contribution in [-0.4, -0.2) is 165 Å². The maximum atomic E-state index is 13.4. The van der Waals surface area contributed by atoms with Gasteiger partial charge in [-0.1, -0.05) is 158 Å². The second kappa shape index (κ2) is 35.5. The lowest BCUT2D eigenvalue weighted by atomic mass is 9.99. The van der Waals surface area contributed by atoms with Crippen LogP contribution in [0.1, 0.15) is 162 Å². The quantitative estimate of drug-likeness (QED) is 0.0201. The molecule has 31 heteroatoms. The van der Waals surface area contributed by atoms with Crippen LogP contribution in [0, 0.1) is 22.7 Å². The van der Waals surface area contributed by atoms with Crippen molar-refractivity contribution in [3.8, 4) is 0 Å². The third kappa shape index (κ3) is 25.1. The number of esters is 2. The van der Waals surface area contributed by atoms with Crippen molar-refractivity contribution < 1.29 is 72.7 Å². The molecule has 4 aromatic rings. The molecule has 8 rings (SSSR count). The van der Waals surface area contributed by atoms with Crippen LogP contribution in [0.4, 0.5) is 4.79 Å². The molecule has 2 saturated carbocycles. The van der Waals surface area contributed by atoms with E-state index in [1.165, 1.54) is 16.9 Å². The first-order chi connectivity index (χ1) is 46.6. The number of carbonyl (C=O) groups excluding carboxylic acids is 8. The van der Waals surface area contributed by atoms with Crippen molar-refractivity contribution in [3.63, 3.8) is 0 Å². The van der Waals surface area contributed by atoms with Crippen LogP contribution in [0.25, 0.3) is 34.0 Å². The first-order valence-electron chi connectivity index (χ1n) is 32.9. The molecule has 25 nitrogen and oxygen atoms in total. The molecule has 0 bridgehead atoms. The number of nitrogens with one attached hydrogen (secondary N) is 6. The van der Waals surface area contributed by atoms with Gasteiger partial charge in [0.2, 0.25) is 25.3 Å². The van der Waals surface area contributed by atoms with Crippen molar-refractivity contribution in [2.45, 2.75) is 189 Å². The third-order valence-corrected chi connectivity index (χ3v) is 17.2. The molecule has 2 aliphatic carbocycles. The Kier molecular flexibility index (Phi) is 29.2. The van der Waals surface area contributed by atoms with Crippen molar-refractivity contribution in [2.75, 3.05) is 26.3 Å². The van der Waals surface area contributed by atoms with Crippen molar-refractivity contribution in [1.29, 1.82) is 0 Å². The van der Waals surface area contributed by atoms with Crippen LogP contribution in [-0.2, 0) is 52.6 Å². The summed E-state index contributed by atoms with van der Waals surface area (Å²) in [5.41, 5.74) is 8.04. The summed E-state index contributed by atoms with van der Waals surface area (Å²) < 4.78 is 11.7. The van der Waals surface area contributed by atoms with Gasteiger partial charge < -0.3 is 50.8 Å². The van der Waals surface area contributed by atoms with Crippen LogP contribution in [0.2, 0.25) is 0 Å². The number of halogens is 6. The van der Waals surface area contributed by atoms with Gasteiger partial charge in [0.15, 0.2) is 0 Å². The fraction of sp³-hybridized carbons (Fsp3) is 0.551. The number of hydrogen-bond acceptors (Lipinski definition) is 18. The highest BCUT2D eigenvalue weighted by atomic mass is 35.6. The minimum absolute atomic E-state index is 0.258. The molecule has 548 valence electrons. The Hall–Kier alpha value is -6.65. The number of alkyl carbamates (subject to hydrolysis) is 1. The van der Waals surface area contributed by atoms with Gasteiger partial charge in [0.1, 0.15) is 55.1 Å². The summed E-state index contributed by atoms with van der Waals surface area (Å²) in [5.74, 6) is -4.78. The fourth-order valence-electron chi connectivity index (χ4n) is 10.4. The molecule has 9 N–H and O–H groups in total. The number of nitrogens with zero attached hydrogens (tertiary/aromatic N) is 4. The topological polar surface area (TPSA) is 346 Å². The van der Waals surface area contributed by atoms with Gasteiger partial charge in [-0.25, -0.2) is 15.6 Å². The van der Waals surface area contributed by atoms with E-state index in [0.717, 1.165) is 32.9 Å². The zero-order chi connectivity index (χ0) is 74.4. The predicted molar refractivity (Wildman–Crippen MR) is 382 cm³/mol. The molecule has 2 saturated heterocycles. The number of hydrazine groups is 2. The van der Waals surface area contributed by atoms with Crippen molar-refractivity contribution in [3.05, 3.63) is 95.3 Å². The lowest BCUT2D eigenvalue weighted by Gasteiger charge is -2.34. The number of aliphatic hydroxyl groups is 2. The molecule has 6 amide bonds. The lowest BCUT2D eigenvalue weighted by molar-refractivity contribution is -0.154. The van der Waals surface area contributed by atoms with E-state index in [4.69, 9.17) is 88.9 Å². The average Bonchev–Trinajstić information content (AvgIpc) is 1.65. The Morgan fingerprint density at radius 2 is 0.960 bits per heavy atom. The molecule has 2 aromatic heterocycles. The van der Waals surface area contributed by atoms with Crippen LogP contribution < -0.4 is 32.1 Å². The molecule has 4 heterocycles. The zero-order valence-corrected chi connectivity index (χ0v) is 62.2. The molecule has 2 aromatic carbocycles. The summed E-state index contributed by atoms with van der Waals surface area (Å²) in [6, 6.07) is 13.8. The monoisotopic (exact) mass is 1510 g/mol. The Labute approximate surface area is 611 Å². The van der Waals surface area contributed by atoms with Crippen LogP contribution in [0.3, 0.4) is 0 Å². The number of pyridine rings is 2.